The molecule has 8 rings (SSSR count). The van der Waals surface area contributed by atoms with Gasteiger partial charge in [0.15, 0.2) is 17.5 Å². The molecule has 0 aliphatic carbocycles. The molecule has 2 aromatic heterocycles. The Bertz CT molecular complexity index is 2520. The van der Waals surface area contributed by atoms with Crippen LogP contribution in [0.1, 0.15) is 16.7 Å². The van der Waals surface area contributed by atoms with Crippen molar-refractivity contribution in [2.75, 3.05) is 0 Å². The third-order valence-electron chi connectivity index (χ3n) is 8.93. The summed E-state index contributed by atoms with van der Waals surface area (Å²) in [6.07, 6.45) is -10.1. The molecule has 8 aromatic rings. The van der Waals surface area contributed by atoms with E-state index in [1.165, 1.54) is 6.07 Å². The molecule has 10 heteroatoms. The maximum Gasteiger partial charge on any atom is 0.416 e. The van der Waals surface area contributed by atoms with Gasteiger partial charge in [-0.2, -0.15) is 26.3 Å². The predicted octanol–water partition coefficient (Wildman–Crippen LogP) is 12.0. The molecule has 0 amide bonds. The van der Waals surface area contributed by atoms with Gasteiger partial charge in [-0.15, -0.1) is 0 Å². The molecule has 0 aliphatic rings. The fourth-order valence-electron chi connectivity index (χ4n) is 6.51. The first kappa shape index (κ1) is 32.9. The van der Waals surface area contributed by atoms with Gasteiger partial charge in [0.1, 0.15) is 0 Å². The van der Waals surface area contributed by atoms with Crippen LogP contribution in [0.15, 0.2) is 140 Å². The molecular weight excluding hydrogens is 674 g/mol. The lowest BCUT2D eigenvalue weighted by Gasteiger charge is -2.18. The van der Waals surface area contributed by atoms with Crippen molar-refractivity contribution >= 4 is 21.8 Å². The van der Waals surface area contributed by atoms with Crippen molar-refractivity contribution in [1.82, 2.24) is 19.5 Å². The zero-order valence-corrected chi connectivity index (χ0v) is 27.3. The Morgan fingerprint density at radius 3 is 1.58 bits per heavy atom. The van der Waals surface area contributed by atoms with Gasteiger partial charge in [-0.05, 0) is 66.1 Å². The van der Waals surface area contributed by atoms with Crippen molar-refractivity contribution in [3.63, 3.8) is 0 Å². The highest BCUT2D eigenvalue weighted by molar-refractivity contribution is 6.09. The molecule has 6 aromatic carbocycles. The van der Waals surface area contributed by atoms with Crippen LogP contribution in [-0.2, 0) is 12.4 Å². The van der Waals surface area contributed by atoms with Crippen molar-refractivity contribution in [3.8, 4) is 51.0 Å². The second-order valence-electron chi connectivity index (χ2n) is 12.4. The minimum Gasteiger partial charge on any atom is -0.309 e. The number of nitrogens with zero attached hydrogens (tertiary/aromatic N) is 4. The van der Waals surface area contributed by atoms with Gasteiger partial charge >= 0.3 is 12.4 Å². The Morgan fingerprint density at radius 2 is 0.981 bits per heavy atom. The van der Waals surface area contributed by atoms with Gasteiger partial charge < -0.3 is 4.57 Å². The Balaban J connectivity index is 1.46. The first-order valence-corrected chi connectivity index (χ1v) is 16.3. The van der Waals surface area contributed by atoms with Gasteiger partial charge in [-0.25, -0.2) is 15.0 Å². The summed E-state index contributed by atoms with van der Waals surface area (Å²) < 4.78 is 86.8. The molecule has 0 fully saturated rings. The highest BCUT2D eigenvalue weighted by Crippen LogP contribution is 2.42. The molecule has 0 aliphatic heterocycles. The maximum atomic E-state index is 14.1. The van der Waals surface area contributed by atoms with Crippen LogP contribution < -0.4 is 0 Å². The van der Waals surface area contributed by atoms with Crippen LogP contribution in [0.2, 0.25) is 0 Å². The quantitative estimate of drug-likeness (QED) is 0.168. The largest absolute Gasteiger partial charge is 0.416 e. The fraction of sp³-hybridized carbons (Fsp3) is 0.0714. The summed E-state index contributed by atoms with van der Waals surface area (Å²) in [5.74, 6) is 0.647. The van der Waals surface area contributed by atoms with Gasteiger partial charge in [-0.3, -0.25) is 0 Å². The van der Waals surface area contributed by atoms with E-state index >= 15 is 0 Å². The Labute approximate surface area is 293 Å². The third-order valence-corrected chi connectivity index (χ3v) is 8.93. The highest BCUT2D eigenvalue weighted by atomic mass is 19.4. The topological polar surface area (TPSA) is 43.6 Å². The zero-order chi connectivity index (χ0) is 36.2. The van der Waals surface area contributed by atoms with Crippen LogP contribution in [0.5, 0.6) is 0 Å². The van der Waals surface area contributed by atoms with E-state index in [-0.39, 0.29) is 40.2 Å². The summed E-state index contributed by atoms with van der Waals surface area (Å²) in [6, 6.07) is 38.6. The molecule has 0 bridgehead atoms. The van der Waals surface area contributed by atoms with Crippen molar-refractivity contribution in [2.24, 2.45) is 0 Å². The Morgan fingerprint density at radius 1 is 0.442 bits per heavy atom. The number of aromatic nitrogens is 4. The predicted molar refractivity (Wildman–Crippen MR) is 191 cm³/mol. The lowest BCUT2D eigenvalue weighted by Crippen LogP contribution is -2.11. The molecule has 0 spiro atoms. The smallest absolute Gasteiger partial charge is 0.309 e. The summed E-state index contributed by atoms with van der Waals surface area (Å²) in [6.45, 7) is 1.98. The van der Waals surface area contributed by atoms with Crippen LogP contribution in [0.3, 0.4) is 0 Å². The lowest BCUT2D eigenvalue weighted by molar-refractivity contribution is -0.143. The summed E-state index contributed by atoms with van der Waals surface area (Å²) in [5.41, 5.74) is 1.85. The molecule has 0 N–H and O–H groups in total. The van der Waals surface area contributed by atoms with E-state index in [0.717, 1.165) is 39.5 Å². The van der Waals surface area contributed by atoms with Crippen molar-refractivity contribution in [3.05, 3.63) is 156 Å². The lowest BCUT2D eigenvalue weighted by atomic mass is 9.94. The normalized spacial score (nSPS) is 12.1. The van der Waals surface area contributed by atoms with Crippen LogP contribution in [0, 0.1) is 6.92 Å². The fourth-order valence-corrected chi connectivity index (χ4v) is 6.51. The molecule has 0 radical (unpaired) electrons. The van der Waals surface area contributed by atoms with E-state index in [2.05, 4.69) is 0 Å². The Kier molecular flexibility index (Phi) is 7.90. The number of rotatable bonds is 5. The number of fused-ring (bicyclic) bond motifs is 3. The van der Waals surface area contributed by atoms with Gasteiger partial charge in [0.05, 0.1) is 22.2 Å². The van der Waals surface area contributed by atoms with Crippen LogP contribution in [0.4, 0.5) is 26.3 Å². The van der Waals surface area contributed by atoms with Crippen LogP contribution in [0.25, 0.3) is 72.8 Å². The second kappa shape index (κ2) is 12.5. The van der Waals surface area contributed by atoms with E-state index in [1.54, 1.807) is 12.1 Å². The standard InChI is InChI=1S/C42H26F6N4/c1-25-16-18-34-33-14-8-9-15-36(33)52(37(34)20-25)31-17-19-32(28-21-29(41(43,44)45)23-30(22-28)42(46,47)48)35(24-31)40-50-38(26-10-4-2-5-11-26)49-39(51-40)27-12-6-3-7-13-27/h2-24H,1H3. The zero-order valence-electron chi connectivity index (χ0n) is 27.3. The van der Waals surface area contributed by atoms with E-state index in [9.17, 15) is 26.3 Å². The molecular formula is C42H26F6N4. The minimum atomic E-state index is -5.04. The second-order valence-corrected chi connectivity index (χ2v) is 12.4. The Hall–Kier alpha value is -6.29. The number of hydrogen-bond acceptors (Lipinski definition) is 3. The molecule has 4 nitrogen and oxygen atoms in total. The number of benzene rings is 6. The average molecular weight is 701 g/mol. The highest BCUT2D eigenvalue weighted by Gasteiger charge is 2.37. The van der Waals surface area contributed by atoms with E-state index in [4.69, 9.17) is 15.0 Å². The number of para-hydroxylation sites is 1. The summed E-state index contributed by atoms with van der Waals surface area (Å²) >= 11 is 0. The first-order chi connectivity index (χ1) is 24.9. The molecule has 0 atom stereocenters. The third kappa shape index (κ3) is 6.06. The summed E-state index contributed by atoms with van der Waals surface area (Å²) in [4.78, 5) is 14.4. The molecule has 0 unspecified atom stereocenters. The number of aryl methyl sites for hydroxylation is 1. The van der Waals surface area contributed by atoms with Gasteiger partial charge in [0, 0.05) is 33.2 Å². The van der Waals surface area contributed by atoms with E-state index in [1.807, 2.05) is 115 Å². The first-order valence-electron chi connectivity index (χ1n) is 16.3. The number of alkyl halides is 6. The van der Waals surface area contributed by atoms with Crippen molar-refractivity contribution in [2.45, 2.75) is 19.3 Å². The molecule has 256 valence electrons. The molecule has 2 heterocycles. The summed E-state index contributed by atoms with van der Waals surface area (Å²) in [7, 11) is 0. The van der Waals surface area contributed by atoms with E-state index in [0.29, 0.717) is 16.8 Å². The average Bonchev–Trinajstić information content (AvgIpc) is 3.47. The van der Waals surface area contributed by atoms with Crippen LogP contribution >= 0.6 is 0 Å². The minimum absolute atomic E-state index is 0.0764. The molecule has 0 saturated carbocycles. The summed E-state index contributed by atoms with van der Waals surface area (Å²) in [5, 5.41) is 1.96. The number of hydrogen-bond donors (Lipinski definition) is 0. The van der Waals surface area contributed by atoms with Gasteiger partial charge in [-0.1, -0.05) is 97.1 Å². The maximum absolute atomic E-state index is 14.1. The molecule has 0 saturated heterocycles. The number of halogens is 6. The SMILES string of the molecule is Cc1ccc2c3ccccc3n(-c3ccc(-c4cc(C(F)(F)F)cc(C(F)(F)F)c4)c(-c4nc(-c5ccccc5)nc(-c5ccccc5)n4)c3)c2c1. The van der Waals surface area contributed by atoms with E-state index < -0.39 is 23.5 Å². The van der Waals surface area contributed by atoms with Crippen molar-refractivity contribution in [1.29, 1.82) is 0 Å². The van der Waals surface area contributed by atoms with Crippen LogP contribution in [-0.4, -0.2) is 19.5 Å². The monoisotopic (exact) mass is 700 g/mol. The van der Waals surface area contributed by atoms with Gasteiger partial charge in [0.25, 0.3) is 0 Å². The molecule has 52 heavy (non-hydrogen) atoms. The van der Waals surface area contributed by atoms with Crippen molar-refractivity contribution < 1.29 is 26.3 Å². The van der Waals surface area contributed by atoms with Gasteiger partial charge in [0.2, 0.25) is 0 Å².